The highest BCUT2D eigenvalue weighted by Gasteiger charge is 2.14. The van der Waals surface area contributed by atoms with Gasteiger partial charge in [-0.1, -0.05) is 12.1 Å². The van der Waals surface area contributed by atoms with Crippen molar-refractivity contribution in [3.8, 4) is 11.8 Å². The van der Waals surface area contributed by atoms with Gasteiger partial charge in [0.15, 0.2) is 0 Å². The summed E-state index contributed by atoms with van der Waals surface area (Å²) < 4.78 is 6.54. The Balaban J connectivity index is 2.33. The molecule has 21 heavy (non-hydrogen) atoms. The molecule has 0 saturated carbocycles. The Morgan fingerprint density at radius 1 is 1.48 bits per heavy atom. The lowest BCUT2D eigenvalue weighted by molar-refractivity contribution is -0.131. The summed E-state index contributed by atoms with van der Waals surface area (Å²) in [5.41, 5.74) is 0. The maximum absolute atomic E-state index is 12.1. The maximum atomic E-state index is 12.1. The lowest BCUT2D eigenvalue weighted by Crippen LogP contribution is -2.34. The van der Waals surface area contributed by atoms with E-state index in [2.05, 4.69) is 22.0 Å². The Hall–Kier alpha value is -1.54. The highest BCUT2D eigenvalue weighted by molar-refractivity contribution is 9.10. The van der Waals surface area contributed by atoms with Crippen molar-refractivity contribution in [2.75, 3.05) is 19.7 Å². The largest absolute Gasteiger partial charge is 0.492 e. The fourth-order valence-corrected chi connectivity index (χ4v) is 2.30. The molecule has 4 nitrogen and oxygen atoms in total. The van der Waals surface area contributed by atoms with Crippen LogP contribution in [0.25, 0.3) is 0 Å². The van der Waals surface area contributed by atoms with E-state index in [4.69, 9.17) is 10.00 Å². The van der Waals surface area contributed by atoms with E-state index in [0.29, 0.717) is 32.5 Å². The molecule has 0 aliphatic carbocycles. The lowest BCUT2D eigenvalue weighted by Gasteiger charge is -2.22. The molecule has 114 valence electrons. The number of amides is 1. The number of rotatable bonds is 8. The van der Waals surface area contributed by atoms with Gasteiger partial charge in [0.25, 0.3) is 0 Å². The third-order valence-corrected chi connectivity index (χ3v) is 3.73. The van der Waals surface area contributed by atoms with Gasteiger partial charge in [-0.15, -0.1) is 0 Å². The van der Waals surface area contributed by atoms with Crippen LogP contribution in [0.5, 0.6) is 5.75 Å². The van der Waals surface area contributed by atoms with Gasteiger partial charge in [0, 0.05) is 19.5 Å². The predicted octanol–water partition coefficient (Wildman–Crippen LogP) is 3.62. The molecule has 0 aliphatic rings. The zero-order valence-electron chi connectivity index (χ0n) is 12.5. The van der Waals surface area contributed by atoms with Crippen LogP contribution in [0.15, 0.2) is 28.7 Å². The van der Waals surface area contributed by atoms with Gasteiger partial charge >= 0.3 is 0 Å². The topological polar surface area (TPSA) is 53.3 Å². The number of carbonyl (C=O) groups is 1. The van der Waals surface area contributed by atoms with E-state index >= 15 is 0 Å². The fourth-order valence-electron chi connectivity index (χ4n) is 1.90. The van der Waals surface area contributed by atoms with Crippen LogP contribution >= 0.6 is 15.9 Å². The molecular formula is C16H21BrN2O2. The Labute approximate surface area is 134 Å². The molecule has 1 aromatic carbocycles. The Bertz CT molecular complexity index is 499. The molecule has 1 amide bonds. The highest BCUT2D eigenvalue weighted by atomic mass is 79.9. The van der Waals surface area contributed by atoms with Crippen LogP contribution in [0.2, 0.25) is 0 Å². The number of carbonyl (C=O) groups excluding carboxylic acids is 1. The van der Waals surface area contributed by atoms with E-state index in [1.54, 1.807) is 4.90 Å². The molecule has 0 radical (unpaired) electrons. The number of ether oxygens (including phenoxy) is 1. The van der Waals surface area contributed by atoms with Crippen LogP contribution in [0, 0.1) is 17.2 Å². The summed E-state index contributed by atoms with van der Waals surface area (Å²) in [6, 6.07) is 9.80. The first-order chi connectivity index (χ1) is 10.1. The number of nitrogens with zero attached hydrogens (tertiary/aromatic N) is 2. The first-order valence-corrected chi connectivity index (χ1v) is 7.92. The minimum Gasteiger partial charge on any atom is -0.492 e. The quantitative estimate of drug-likeness (QED) is 0.671. The van der Waals surface area contributed by atoms with Crippen molar-refractivity contribution in [3.05, 3.63) is 28.7 Å². The second-order valence-corrected chi connectivity index (χ2v) is 5.70. The third kappa shape index (κ3) is 6.17. The van der Waals surface area contributed by atoms with Crippen LogP contribution < -0.4 is 4.74 Å². The molecule has 1 aromatic rings. The van der Waals surface area contributed by atoms with Crippen molar-refractivity contribution >= 4 is 21.8 Å². The van der Waals surface area contributed by atoms with Crippen molar-refractivity contribution in [2.24, 2.45) is 5.92 Å². The van der Waals surface area contributed by atoms with Gasteiger partial charge in [-0.3, -0.25) is 4.79 Å². The average molecular weight is 353 g/mol. The van der Waals surface area contributed by atoms with Crippen LogP contribution in [-0.4, -0.2) is 30.5 Å². The fraction of sp³-hybridized carbons (Fsp3) is 0.500. The van der Waals surface area contributed by atoms with Crippen molar-refractivity contribution in [3.63, 3.8) is 0 Å². The summed E-state index contributed by atoms with van der Waals surface area (Å²) in [4.78, 5) is 13.8. The molecule has 0 heterocycles. The molecule has 0 aromatic heterocycles. The van der Waals surface area contributed by atoms with Gasteiger partial charge < -0.3 is 9.64 Å². The van der Waals surface area contributed by atoms with Gasteiger partial charge in [0.1, 0.15) is 5.75 Å². The number of nitriles is 1. The minimum absolute atomic E-state index is 0.0790. The first kappa shape index (κ1) is 17.5. The minimum atomic E-state index is -0.134. The van der Waals surface area contributed by atoms with E-state index in [0.717, 1.165) is 10.2 Å². The molecule has 1 unspecified atom stereocenters. The monoisotopic (exact) mass is 352 g/mol. The van der Waals surface area contributed by atoms with Gasteiger partial charge in [0.2, 0.25) is 5.91 Å². The third-order valence-electron chi connectivity index (χ3n) is 3.08. The van der Waals surface area contributed by atoms with E-state index in [1.165, 1.54) is 0 Å². The Morgan fingerprint density at radius 3 is 2.81 bits per heavy atom. The molecular weight excluding hydrogens is 332 g/mol. The Kier molecular flexibility index (Phi) is 7.84. The molecule has 1 rings (SSSR count). The van der Waals surface area contributed by atoms with Gasteiger partial charge in [-0.25, -0.2) is 0 Å². The van der Waals surface area contributed by atoms with Gasteiger partial charge in [-0.2, -0.15) is 5.26 Å². The number of hydrogen-bond donors (Lipinski definition) is 0. The van der Waals surface area contributed by atoms with Crippen LogP contribution in [-0.2, 0) is 4.79 Å². The van der Waals surface area contributed by atoms with E-state index in [9.17, 15) is 4.79 Å². The predicted molar refractivity (Wildman–Crippen MR) is 85.9 cm³/mol. The molecule has 0 fully saturated rings. The number of benzene rings is 1. The number of halogens is 1. The second-order valence-electron chi connectivity index (χ2n) is 4.84. The van der Waals surface area contributed by atoms with Crippen molar-refractivity contribution < 1.29 is 9.53 Å². The average Bonchev–Trinajstić information content (AvgIpc) is 2.50. The highest BCUT2D eigenvalue weighted by Crippen LogP contribution is 2.23. The smallest absolute Gasteiger partial charge is 0.222 e. The van der Waals surface area contributed by atoms with Crippen molar-refractivity contribution in [1.82, 2.24) is 4.90 Å². The number of para-hydroxylation sites is 1. The zero-order valence-corrected chi connectivity index (χ0v) is 14.1. The normalized spacial score (nSPS) is 11.5. The second kappa shape index (κ2) is 9.41. The lowest BCUT2D eigenvalue weighted by atomic mass is 10.2. The molecule has 0 aliphatic heterocycles. The number of hydrogen-bond acceptors (Lipinski definition) is 3. The van der Waals surface area contributed by atoms with E-state index < -0.39 is 0 Å². The molecule has 1 atom stereocenters. The molecule has 0 spiro atoms. The molecule has 0 saturated heterocycles. The summed E-state index contributed by atoms with van der Waals surface area (Å²) in [6.07, 6.45) is 1.11. The first-order valence-electron chi connectivity index (χ1n) is 7.13. The van der Waals surface area contributed by atoms with Crippen LogP contribution in [0.4, 0.5) is 0 Å². The van der Waals surface area contributed by atoms with Crippen molar-refractivity contribution in [2.45, 2.75) is 26.7 Å². The summed E-state index contributed by atoms with van der Waals surface area (Å²) in [6.45, 7) is 5.39. The molecule has 5 heteroatoms. The summed E-state index contributed by atoms with van der Waals surface area (Å²) >= 11 is 3.42. The van der Waals surface area contributed by atoms with E-state index in [-0.39, 0.29) is 11.8 Å². The van der Waals surface area contributed by atoms with Crippen molar-refractivity contribution in [1.29, 1.82) is 5.26 Å². The van der Waals surface area contributed by atoms with Crippen LogP contribution in [0.3, 0.4) is 0 Å². The summed E-state index contributed by atoms with van der Waals surface area (Å²) in [5.74, 6) is 0.733. The zero-order chi connectivity index (χ0) is 15.7. The van der Waals surface area contributed by atoms with Gasteiger partial charge in [0.05, 0.1) is 23.1 Å². The summed E-state index contributed by atoms with van der Waals surface area (Å²) in [5, 5.41) is 8.81. The maximum Gasteiger partial charge on any atom is 0.222 e. The Morgan fingerprint density at radius 2 is 2.19 bits per heavy atom. The molecule has 0 bridgehead atoms. The SMILES string of the molecule is CCN(CC(C)C#N)C(=O)CCCOc1ccccc1Br. The van der Waals surface area contributed by atoms with Gasteiger partial charge in [-0.05, 0) is 48.3 Å². The standard InChI is InChI=1S/C16H21BrN2O2/c1-3-19(12-13(2)11-18)16(20)9-6-10-21-15-8-5-4-7-14(15)17/h4-5,7-8,13H,3,6,9-10,12H2,1-2H3. The van der Waals surface area contributed by atoms with Crippen LogP contribution in [0.1, 0.15) is 26.7 Å². The molecule has 0 N–H and O–H groups in total. The van der Waals surface area contributed by atoms with E-state index in [1.807, 2.05) is 38.1 Å². The summed E-state index contributed by atoms with van der Waals surface area (Å²) in [7, 11) is 0.